The number of benzene rings is 1. The molecular weight excluding hydrogens is 286 g/mol. The molecule has 0 spiro atoms. The predicted molar refractivity (Wildman–Crippen MR) is 82.1 cm³/mol. The van der Waals surface area contributed by atoms with E-state index < -0.39 is 4.92 Å². The maximum absolute atomic E-state index is 10.5. The minimum absolute atomic E-state index is 0.288. The number of anilines is 1. The summed E-state index contributed by atoms with van der Waals surface area (Å²) < 4.78 is 10.3. The number of hydrogen-bond donors (Lipinski definition) is 0. The lowest BCUT2D eigenvalue weighted by Crippen LogP contribution is -2.36. The summed E-state index contributed by atoms with van der Waals surface area (Å²) in [5.74, 6) is 0.0630. The van der Waals surface area contributed by atoms with Crippen molar-refractivity contribution in [3.05, 3.63) is 52.3 Å². The van der Waals surface area contributed by atoms with Crippen LogP contribution in [0.2, 0.25) is 0 Å². The van der Waals surface area contributed by atoms with E-state index in [1.54, 1.807) is 0 Å². The number of morpholine rings is 1. The third-order valence-electron chi connectivity index (χ3n) is 3.36. The van der Waals surface area contributed by atoms with E-state index in [0.717, 1.165) is 37.7 Å². The van der Waals surface area contributed by atoms with Crippen LogP contribution in [-0.4, -0.2) is 37.4 Å². The van der Waals surface area contributed by atoms with Crippen molar-refractivity contribution in [2.24, 2.45) is 4.99 Å². The Bertz CT molecular complexity index is 672. The maximum atomic E-state index is 10.5. The van der Waals surface area contributed by atoms with Crippen molar-refractivity contribution in [1.82, 2.24) is 0 Å². The lowest BCUT2D eigenvalue weighted by Gasteiger charge is -2.28. The molecule has 0 radical (unpaired) electrons. The highest BCUT2D eigenvalue weighted by atomic mass is 16.6. The van der Waals surface area contributed by atoms with E-state index in [9.17, 15) is 10.1 Å². The van der Waals surface area contributed by atoms with Crippen molar-refractivity contribution in [3.8, 4) is 0 Å². The third-order valence-corrected chi connectivity index (χ3v) is 3.36. The fraction of sp³-hybridized carbons (Fsp3) is 0.267. The van der Waals surface area contributed by atoms with Crippen LogP contribution in [0.25, 0.3) is 0 Å². The summed E-state index contributed by atoms with van der Waals surface area (Å²) in [7, 11) is 0. The Morgan fingerprint density at radius 3 is 2.50 bits per heavy atom. The summed E-state index contributed by atoms with van der Waals surface area (Å²) in [5, 5.41) is 10.5. The lowest BCUT2D eigenvalue weighted by molar-refractivity contribution is -0.402. The van der Waals surface area contributed by atoms with Gasteiger partial charge in [-0.25, -0.2) is 0 Å². The van der Waals surface area contributed by atoms with Gasteiger partial charge in [-0.15, -0.1) is 0 Å². The molecule has 0 amide bonds. The number of nitrogens with zero attached hydrogens (tertiary/aromatic N) is 3. The average molecular weight is 301 g/mol. The molecule has 0 saturated carbocycles. The standard InChI is InChI=1S/C15H15N3O4/c19-18(20)15-6-5-14(22-15)11-16-12-1-3-13(4-2-12)17-7-9-21-10-8-17/h1-6,11H,7-10H2. The molecule has 2 heterocycles. The molecule has 0 aliphatic carbocycles. The van der Waals surface area contributed by atoms with Gasteiger partial charge in [-0.3, -0.25) is 15.1 Å². The zero-order valence-electron chi connectivity index (χ0n) is 11.8. The molecule has 3 rings (SSSR count). The summed E-state index contributed by atoms with van der Waals surface area (Å²) in [6.07, 6.45) is 1.47. The zero-order chi connectivity index (χ0) is 15.4. The van der Waals surface area contributed by atoms with Gasteiger partial charge in [-0.05, 0) is 30.3 Å². The smallest absolute Gasteiger partial charge is 0.400 e. The zero-order valence-corrected chi connectivity index (χ0v) is 11.8. The molecular formula is C15H15N3O4. The highest BCUT2D eigenvalue weighted by molar-refractivity contribution is 5.79. The molecule has 7 nitrogen and oxygen atoms in total. The van der Waals surface area contributed by atoms with E-state index in [4.69, 9.17) is 9.15 Å². The number of nitro groups is 1. The lowest BCUT2D eigenvalue weighted by atomic mass is 10.2. The van der Waals surface area contributed by atoms with Gasteiger partial charge in [0.2, 0.25) is 0 Å². The third kappa shape index (κ3) is 3.32. The Hall–Kier alpha value is -2.67. The Kier molecular flexibility index (Phi) is 4.15. The fourth-order valence-corrected chi connectivity index (χ4v) is 2.22. The molecule has 0 atom stereocenters. The molecule has 0 unspecified atom stereocenters. The van der Waals surface area contributed by atoms with Crippen molar-refractivity contribution < 1.29 is 14.1 Å². The first-order valence-corrected chi connectivity index (χ1v) is 6.93. The van der Waals surface area contributed by atoms with Crippen LogP contribution in [0.1, 0.15) is 5.76 Å². The van der Waals surface area contributed by atoms with Gasteiger partial charge in [0.15, 0.2) is 5.76 Å². The van der Waals surface area contributed by atoms with E-state index >= 15 is 0 Å². The molecule has 2 aromatic rings. The first-order chi connectivity index (χ1) is 10.7. The van der Waals surface area contributed by atoms with E-state index in [0.29, 0.717) is 5.76 Å². The van der Waals surface area contributed by atoms with Gasteiger partial charge in [0.1, 0.15) is 4.92 Å². The van der Waals surface area contributed by atoms with E-state index in [2.05, 4.69) is 9.89 Å². The SMILES string of the molecule is O=[N+]([O-])c1ccc(C=Nc2ccc(N3CCOCC3)cc2)o1. The number of furan rings is 1. The Morgan fingerprint density at radius 2 is 1.86 bits per heavy atom. The van der Waals surface area contributed by atoms with Crippen LogP contribution in [0, 0.1) is 10.1 Å². The van der Waals surface area contributed by atoms with Gasteiger partial charge < -0.3 is 14.1 Å². The van der Waals surface area contributed by atoms with E-state index in [1.165, 1.54) is 18.3 Å². The van der Waals surface area contributed by atoms with E-state index in [-0.39, 0.29) is 5.88 Å². The first-order valence-electron chi connectivity index (χ1n) is 6.93. The van der Waals surface area contributed by atoms with Gasteiger partial charge in [0.25, 0.3) is 0 Å². The molecule has 0 N–H and O–H groups in total. The second-order valence-electron chi connectivity index (χ2n) is 4.81. The van der Waals surface area contributed by atoms with Gasteiger partial charge in [0.05, 0.1) is 31.2 Å². The maximum Gasteiger partial charge on any atom is 0.433 e. The summed E-state index contributed by atoms with van der Waals surface area (Å²) in [5.41, 5.74) is 1.90. The Morgan fingerprint density at radius 1 is 1.14 bits per heavy atom. The Labute approximate surface area is 127 Å². The molecule has 1 aromatic heterocycles. The number of rotatable bonds is 4. The molecule has 1 saturated heterocycles. The minimum atomic E-state index is -0.575. The molecule has 1 aromatic carbocycles. The van der Waals surface area contributed by atoms with E-state index in [1.807, 2.05) is 24.3 Å². The number of ether oxygens (including phenoxy) is 1. The normalized spacial score (nSPS) is 15.4. The molecule has 0 bridgehead atoms. The van der Waals surface area contributed by atoms with Gasteiger partial charge >= 0.3 is 5.88 Å². The largest absolute Gasteiger partial charge is 0.433 e. The quantitative estimate of drug-likeness (QED) is 0.493. The topological polar surface area (TPSA) is 81.1 Å². The van der Waals surface area contributed by atoms with Crippen LogP contribution < -0.4 is 4.90 Å². The summed E-state index contributed by atoms with van der Waals surface area (Å²) in [4.78, 5) is 16.5. The van der Waals surface area contributed by atoms with Crippen LogP contribution in [0.5, 0.6) is 0 Å². The second-order valence-corrected chi connectivity index (χ2v) is 4.81. The van der Waals surface area contributed by atoms with Crippen molar-refractivity contribution in [1.29, 1.82) is 0 Å². The van der Waals surface area contributed by atoms with Crippen molar-refractivity contribution in [3.63, 3.8) is 0 Å². The monoisotopic (exact) mass is 301 g/mol. The Balaban J connectivity index is 1.67. The summed E-state index contributed by atoms with van der Waals surface area (Å²) in [6.45, 7) is 3.27. The van der Waals surface area contributed by atoms with Gasteiger partial charge in [0, 0.05) is 18.8 Å². The minimum Gasteiger partial charge on any atom is -0.400 e. The molecule has 1 aliphatic rings. The van der Waals surface area contributed by atoms with Gasteiger partial charge in [-0.1, -0.05) is 0 Å². The number of hydrogen-bond acceptors (Lipinski definition) is 6. The van der Waals surface area contributed by atoms with Gasteiger partial charge in [-0.2, -0.15) is 0 Å². The first kappa shape index (κ1) is 14.3. The van der Waals surface area contributed by atoms with Crippen molar-refractivity contribution in [2.75, 3.05) is 31.2 Å². The van der Waals surface area contributed by atoms with Crippen molar-refractivity contribution >= 4 is 23.5 Å². The number of aliphatic imine (C=N–C) groups is 1. The highest BCUT2D eigenvalue weighted by Crippen LogP contribution is 2.21. The second kappa shape index (κ2) is 6.40. The highest BCUT2D eigenvalue weighted by Gasteiger charge is 2.11. The summed E-state index contributed by atoms with van der Waals surface area (Å²) in [6, 6.07) is 10.6. The average Bonchev–Trinajstić information content (AvgIpc) is 3.04. The fourth-order valence-electron chi connectivity index (χ4n) is 2.22. The van der Waals surface area contributed by atoms with Crippen LogP contribution in [-0.2, 0) is 4.74 Å². The van der Waals surface area contributed by atoms with Crippen LogP contribution in [0.3, 0.4) is 0 Å². The molecule has 22 heavy (non-hydrogen) atoms. The molecule has 1 aliphatic heterocycles. The molecule has 1 fully saturated rings. The van der Waals surface area contributed by atoms with Crippen LogP contribution in [0.4, 0.5) is 17.3 Å². The van der Waals surface area contributed by atoms with Crippen LogP contribution >= 0.6 is 0 Å². The molecule has 114 valence electrons. The predicted octanol–water partition coefficient (Wildman–Crippen LogP) is 2.78. The summed E-state index contributed by atoms with van der Waals surface area (Å²) >= 11 is 0. The molecule has 7 heteroatoms. The van der Waals surface area contributed by atoms with Crippen LogP contribution in [0.15, 0.2) is 45.8 Å². The van der Waals surface area contributed by atoms with Crippen molar-refractivity contribution in [2.45, 2.75) is 0 Å².